The number of hydrogen-bond donors (Lipinski definition) is 0. The van der Waals surface area contributed by atoms with Crippen LogP contribution in [0, 0.1) is 0 Å². The van der Waals surface area contributed by atoms with E-state index in [0.29, 0.717) is 49.2 Å². The van der Waals surface area contributed by atoms with Crippen molar-refractivity contribution in [1.82, 2.24) is 9.80 Å². The number of hydrogen-bond acceptors (Lipinski definition) is 6. The van der Waals surface area contributed by atoms with E-state index in [2.05, 4.69) is 0 Å². The van der Waals surface area contributed by atoms with Gasteiger partial charge in [-0.1, -0.05) is 0 Å². The highest BCUT2D eigenvalue weighted by Crippen LogP contribution is 2.34. The van der Waals surface area contributed by atoms with E-state index < -0.39 is 0 Å². The molecule has 0 unspecified atom stereocenters. The number of ether oxygens (including phenoxy) is 4. The first-order valence-corrected chi connectivity index (χ1v) is 11.2. The van der Waals surface area contributed by atoms with Crippen LogP contribution in [0.2, 0.25) is 0 Å². The van der Waals surface area contributed by atoms with E-state index in [1.54, 1.807) is 38.2 Å². The summed E-state index contributed by atoms with van der Waals surface area (Å²) in [6, 6.07) is 7.76. The summed E-state index contributed by atoms with van der Waals surface area (Å²) in [6.45, 7) is 2.09. The summed E-state index contributed by atoms with van der Waals surface area (Å²) in [6.07, 6.45) is 4.19. The average molecular weight is 467 g/mol. The lowest BCUT2D eigenvalue weighted by atomic mass is 9.98. The zero-order valence-electron chi connectivity index (χ0n) is 20.1. The Kier molecular flexibility index (Phi) is 6.95. The number of amides is 2. The first kappa shape index (κ1) is 23.5. The van der Waals surface area contributed by atoms with Gasteiger partial charge in [0.05, 0.1) is 28.4 Å². The highest BCUT2D eigenvalue weighted by molar-refractivity contribution is 5.97. The Bertz CT molecular complexity index is 1040. The third-order valence-corrected chi connectivity index (χ3v) is 6.43. The van der Waals surface area contributed by atoms with Crippen molar-refractivity contribution in [3.05, 3.63) is 58.7 Å². The molecule has 2 aromatic carbocycles. The number of rotatable bonds is 6. The number of carbonyl (C=O) groups excluding carboxylic acids is 2. The van der Waals surface area contributed by atoms with Gasteiger partial charge in [0.1, 0.15) is 0 Å². The SMILES string of the molecule is COc1cc2c(cc1OC)CN(C(=O)/C=C/C(=O)N1CCc3cc(OC)c(OC)cc3C1)CC2. The topological polar surface area (TPSA) is 77.5 Å². The molecule has 0 spiro atoms. The molecule has 8 heteroatoms. The maximum atomic E-state index is 12.8. The lowest BCUT2D eigenvalue weighted by Crippen LogP contribution is -2.36. The largest absolute Gasteiger partial charge is 0.493 e. The van der Waals surface area contributed by atoms with Gasteiger partial charge < -0.3 is 28.7 Å². The third-order valence-electron chi connectivity index (χ3n) is 6.43. The summed E-state index contributed by atoms with van der Waals surface area (Å²) >= 11 is 0. The Morgan fingerprint density at radius 1 is 0.618 bits per heavy atom. The first-order chi connectivity index (χ1) is 16.5. The molecule has 0 aromatic heterocycles. The van der Waals surface area contributed by atoms with E-state index in [-0.39, 0.29) is 11.8 Å². The standard InChI is InChI=1S/C26H30N2O6/c1-31-21-11-17-7-9-27(15-19(17)13-23(21)33-3)25(29)5-6-26(30)28-10-8-18-12-22(32-2)24(34-4)14-20(18)16-28/h5-6,11-14H,7-10,15-16H2,1-4H3/b6-5+. The second kappa shape index (κ2) is 10.1. The van der Waals surface area contributed by atoms with Crippen LogP contribution in [0.1, 0.15) is 22.3 Å². The number of carbonyl (C=O) groups is 2. The summed E-state index contributed by atoms with van der Waals surface area (Å²) in [5.74, 6) is 2.29. The van der Waals surface area contributed by atoms with Gasteiger partial charge in [0.2, 0.25) is 11.8 Å². The fourth-order valence-electron chi connectivity index (χ4n) is 4.50. The van der Waals surface area contributed by atoms with Gasteiger partial charge in [0.15, 0.2) is 23.0 Å². The zero-order chi connectivity index (χ0) is 24.2. The maximum absolute atomic E-state index is 12.8. The summed E-state index contributed by atoms with van der Waals surface area (Å²) in [5, 5.41) is 0. The lowest BCUT2D eigenvalue weighted by molar-refractivity contribution is -0.129. The third kappa shape index (κ3) is 4.66. The predicted octanol–water partition coefficient (Wildman–Crippen LogP) is 2.75. The van der Waals surface area contributed by atoms with Crippen LogP contribution in [-0.2, 0) is 35.5 Å². The van der Waals surface area contributed by atoms with E-state index >= 15 is 0 Å². The molecule has 0 atom stereocenters. The van der Waals surface area contributed by atoms with Crippen molar-refractivity contribution in [2.45, 2.75) is 25.9 Å². The van der Waals surface area contributed by atoms with Gasteiger partial charge in [-0.15, -0.1) is 0 Å². The molecule has 0 fully saturated rings. The van der Waals surface area contributed by atoms with E-state index in [4.69, 9.17) is 18.9 Å². The molecule has 2 aromatic rings. The minimum atomic E-state index is -0.183. The van der Waals surface area contributed by atoms with Crippen molar-refractivity contribution in [1.29, 1.82) is 0 Å². The lowest BCUT2D eigenvalue weighted by Gasteiger charge is -2.29. The molecule has 4 rings (SSSR count). The van der Waals surface area contributed by atoms with Crippen LogP contribution in [-0.4, -0.2) is 63.1 Å². The predicted molar refractivity (Wildman–Crippen MR) is 126 cm³/mol. The van der Waals surface area contributed by atoms with Crippen molar-refractivity contribution >= 4 is 11.8 Å². The molecule has 0 saturated heterocycles. The highest BCUT2D eigenvalue weighted by Gasteiger charge is 2.24. The van der Waals surface area contributed by atoms with E-state index in [0.717, 1.165) is 35.1 Å². The number of fused-ring (bicyclic) bond motifs is 2. The van der Waals surface area contributed by atoms with Gasteiger partial charge in [0.25, 0.3) is 0 Å². The number of nitrogens with zero attached hydrogens (tertiary/aromatic N) is 2. The monoisotopic (exact) mass is 466 g/mol. The smallest absolute Gasteiger partial charge is 0.247 e. The quantitative estimate of drug-likeness (QED) is 0.610. The maximum Gasteiger partial charge on any atom is 0.247 e. The molecule has 2 aliphatic heterocycles. The second-order valence-corrected chi connectivity index (χ2v) is 8.30. The van der Waals surface area contributed by atoms with E-state index in [1.165, 1.54) is 12.2 Å². The van der Waals surface area contributed by atoms with E-state index in [1.807, 2.05) is 24.3 Å². The Balaban J connectivity index is 1.41. The van der Waals surface area contributed by atoms with Crippen molar-refractivity contribution < 1.29 is 28.5 Å². The van der Waals surface area contributed by atoms with Crippen molar-refractivity contribution in [3.8, 4) is 23.0 Å². The molecular formula is C26H30N2O6. The molecule has 2 heterocycles. The van der Waals surface area contributed by atoms with Crippen LogP contribution in [0.5, 0.6) is 23.0 Å². The molecule has 0 N–H and O–H groups in total. The van der Waals surface area contributed by atoms with Gasteiger partial charge in [-0.25, -0.2) is 0 Å². The van der Waals surface area contributed by atoms with Crippen LogP contribution in [0.15, 0.2) is 36.4 Å². The van der Waals surface area contributed by atoms with Crippen molar-refractivity contribution in [2.75, 3.05) is 41.5 Å². The minimum Gasteiger partial charge on any atom is -0.493 e. The van der Waals surface area contributed by atoms with Gasteiger partial charge in [-0.05, 0) is 59.4 Å². The molecule has 0 radical (unpaired) electrons. The molecule has 0 saturated carbocycles. The molecule has 8 nitrogen and oxygen atoms in total. The van der Waals surface area contributed by atoms with Gasteiger partial charge in [-0.3, -0.25) is 9.59 Å². The van der Waals surface area contributed by atoms with Crippen molar-refractivity contribution in [2.24, 2.45) is 0 Å². The number of benzene rings is 2. The molecule has 0 bridgehead atoms. The van der Waals surface area contributed by atoms with Gasteiger partial charge in [0, 0.05) is 38.3 Å². The second-order valence-electron chi connectivity index (χ2n) is 8.30. The fourth-order valence-corrected chi connectivity index (χ4v) is 4.50. The minimum absolute atomic E-state index is 0.183. The summed E-state index contributed by atoms with van der Waals surface area (Å²) in [4.78, 5) is 29.1. The summed E-state index contributed by atoms with van der Waals surface area (Å²) in [7, 11) is 6.41. The first-order valence-electron chi connectivity index (χ1n) is 11.2. The Hall–Kier alpha value is -3.68. The molecule has 0 aliphatic carbocycles. The van der Waals surface area contributed by atoms with Crippen LogP contribution in [0.3, 0.4) is 0 Å². The Morgan fingerprint density at radius 3 is 1.26 bits per heavy atom. The molecule has 180 valence electrons. The molecule has 2 aliphatic rings. The Morgan fingerprint density at radius 2 is 0.941 bits per heavy atom. The normalized spacial score (nSPS) is 14.9. The van der Waals surface area contributed by atoms with Crippen LogP contribution in [0.4, 0.5) is 0 Å². The van der Waals surface area contributed by atoms with E-state index in [9.17, 15) is 9.59 Å². The zero-order valence-corrected chi connectivity index (χ0v) is 20.1. The van der Waals surface area contributed by atoms with Crippen LogP contribution >= 0.6 is 0 Å². The Labute approximate surface area is 199 Å². The highest BCUT2D eigenvalue weighted by atomic mass is 16.5. The summed E-state index contributed by atoms with van der Waals surface area (Å²) < 4.78 is 21.5. The molecule has 2 amide bonds. The average Bonchev–Trinajstić information content (AvgIpc) is 2.88. The summed E-state index contributed by atoms with van der Waals surface area (Å²) in [5.41, 5.74) is 4.32. The van der Waals surface area contributed by atoms with Crippen LogP contribution < -0.4 is 18.9 Å². The van der Waals surface area contributed by atoms with Gasteiger partial charge in [-0.2, -0.15) is 0 Å². The molecular weight excluding hydrogens is 436 g/mol. The number of methoxy groups -OCH3 is 4. The van der Waals surface area contributed by atoms with Gasteiger partial charge >= 0.3 is 0 Å². The molecule has 34 heavy (non-hydrogen) atoms. The van der Waals surface area contributed by atoms with Crippen LogP contribution in [0.25, 0.3) is 0 Å². The van der Waals surface area contributed by atoms with Crippen molar-refractivity contribution in [3.63, 3.8) is 0 Å². The fraction of sp³-hybridized carbons (Fsp3) is 0.385.